The number of imidazole rings is 1. The first-order valence-corrected chi connectivity index (χ1v) is 8.31. The van der Waals surface area contributed by atoms with Gasteiger partial charge in [-0.15, -0.1) is 0 Å². The van der Waals surface area contributed by atoms with Gasteiger partial charge in [0.1, 0.15) is 12.7 Å². The average molecular weight is 357 g/mol. The van der Waals surface area contributed by atoms with Gasteiger partial charge in [0, 0.05) is 36.9 Å². The van der Waals surface area contributed by atoms with Gasteiger partial charge >= 0.3 is 0 Å². The molecule has 9 nitrogen and oxygen atoms in total. The van der Waals surface area contributed by atoms with E-state index in [4.69, 9.17) is 0 Å². The summed E-state index contributed by atoms with van der Waals surface area (Å²) in [5.41, 5.74) is 4.55. The summed E-state index contributed by atoms with van der Waals surface area (Å²) in [5.74, 6) is 0.682. The summed E-state index contributed by atoms with van der Waals surface area (Å²) in [6.07, 6.45) is 12.4. The third-order valence-electron chi connectivity index (χ3n) is 4.24. The molecule has 4 aromatic heterocycles. The van der Waals surface area contributed by atoms with Crippen molar-refractivity contribution in [3.8, 4) is 16.9 Å². The molecular formula is C18H15N9. The van der Waals surface area contributed by atoms with Crippen LogP contribution in [0.4, 0.5) is 11.5 Å². The average Bonchev–Trinajstić information content (AvgIpc) is 3.43. The van der Waals surface area contributed by atoms with Gasteiger partial charge in [0.15, 0.2) is 11.5 Å². The number of nitrogens with zero attached hydrogens (tertiary/aromatic N) is 8. The minimum absolute atomic E-state index is 0.682. The lowest BCUT2D eigenvalue weighted by atomic mass is 10.3. The number of benzene rings is 1. The van der Waals surface area contributed by atoms with Crippen LogP contribution in [0.25, 0.3) is 22.6 Å². The standard InChI is InChI=1S/C18H15N9/c1-25-10-13(8-22-25)16-9-21-18-17(20-6-7-26(16)18)24-14-2-4-15(5-3-14)27-12-19-11-23-27/h2-12H,1H3,(H,20,24). The monoisotopic (exact) mass is 357 g/mol. The fourth-order valence-corrected chi connectivity index (χ4v) is 2.95. The Labute approximate surface area is 154 Å². The molecule has 0 bridgehead atoms. The van der Waals surface area contributed by atoms with Gasteiger partial charge in [-0.1, -0.05) is 0 Å². The lowest BCUT2D eigenvalue weighted by Crippen LogP contribution is -1.99. The molecule has 0 unspecified atom stereocenters. The highest BCUT2D eigenvalue weighted by Gasteiger charge is 2.11. The van der Waals surface area contributed by atoms with Crippen LogP contribution in [0.3, 0.4) is 0 Å². The quantitative estimate of drug-likeness (QED) is 0.531. The van der Waals surface area contributed by atoms with Crippen molar-refractivity contribution in [3.05, 3.63) is 67.9 Å². The van der Waals surface area contributed by atoms with Crippen molar-refractivity contribution in [2.45, 2.75) is 0 Å². The van der Waals surface area contributed by atoms with Crippen LogP contribution in [-0.2, 0) is 7.05 Å². The maximum Gasteiger partial charge on any atom is 0.180 e. The van der Waals surface area contributed by atoms with Gasteiger partial charge in [0.2, 0.25) is 0 Å². The molecular weight excluding hydrogens is 342 g/mol. The van der Waals surface area contributed by atoms with E-state index in [1.807, 2.05) is 60.5 Å². The van der Waals surface area contributed by atoms with E-state index in [9.17, 15) is 0 Å². The maximum atomic E-state index is 4.54. The minimum atomic E-state index is 0.682. The normalized spacial score (nSPS) is 11.1. The second-order valence-electron chi connectivity index (χ2n) is 6.03. The molecule has 1 aromatic carbocycles. The molecule has 5 aromatic rings. The van der Waals surface area contributed by atoms with E-state index in [0.29, 0.717) is 5.82 Å². The summed E-state index contributed by atoms with van der Waals surface area (Å²) in [6, 6.07) is 7.86. The number of nitrogens with one attached hydrogen (secondary N) is 1. The van der Waals surface area contributed by atoms with Gasteiger partial charge in [-0.2, -0.15) is 10.2 Å². The molecule has 0 aliphatic rings. The molecule has 132 valence electrons. The van der Waals surface area contributed by atoms with Crippen molar-refractivity contribution >= 4 is 17.2 Å². The number of rotatable bonds is 4. The van der Waals surface area contributed by atoms with Gasteiger partial charge in [-0.3, -0.25) is 9.08 Å². The summed E-state index contributed by atoms with van der Waals surface area (Å²) in [5, 5.41) is 11.7. The molecule has 27 heavy (non-hydrogen) atoms. The third kappa shape index (κ3) is 2.71. The van der Waals surface area contributed by atoms with Crippen molar-refractivity contribution < 1.29 is 0 Å². The molecule has 0 aliphatic heterocycles. The third-order valence-corrected chi connectivity index (χ3v) is 4.24. The number of hydrogen-bond acceptors (Lipinski definition) is 6. The Kier molecular flexibility index (Phi) is 3.42. The molecule has 0 amide bonds. The van der Waals surface area contributed by atoms with Crippen molar-refractivity contribution in [1.82, 2.24) is 38.9 Å². The number of aromatic nitrogens is 8. The number of anilines is 2. The Balaban J connectivity index is 1.48. The lowest BCUT2D eigenvalue weighted by molar-refractivity contribution is 0.768. The Morgan fingerprint density at radius 2 is 1.89 bits per heavy atom. The largest absolute Gasteiger partial charge is 0.337 e. The van der Waals surface area contributed by atoms with Crippen LogP contribution in [0.1, 0.15) is 0 Å². The SMILES string of the molecule is Cn1cc(-c2cnc3c(Nc4ccc(-n5cncn5)cc4)nccn23)cn1. The van der Waals surface area contributed by atoms with Crippen LogP contribution in [-0.4, -0.2) is 38.9 Å². The summed E-state index contributed by atoms with van der Waals surface area (Å²) in [6.45, 7) is 0. The fourth-order valence-electron chi connectivity index (χ4n) is 2.95. The van der Waals surface area contributed by atoms with E-state index in [1.165, 1.54) is 6.33 Å². The summed E-state index contributed by atoms with van der Waals surface area (Å²) >= 11 is 0. The van der Waals surface area contributed by atoms with E-state index >= 15 is 0 Å². The maximum absolute atomic E-state index is 4.54. The van der Waals surface area contributed by atoms with E-state index in [0.717, 1.165) is 28.3 Å². The second kappa shape index (κ2) is 6.06. The van der Waals surface area contributed by atoms with E-state index in [1.54, 1.807) is 21.9 Å². The summed E-state index contributed by atoms with van der Waals surface area (Å²) in [4.78, 5) is 12.9. The second-order valence-corrected chi connectivity index (χ2v) is 6.03. The van der Waals surface area contributed by atoms with Crippen LogP contribution < -0.4 is 5.32 Å². The van der Waals surface area contributed by atoms with Crippen LogP contribution in [0.5, 0.6) is 0 Å². The summed E-state index contributed by atoms with van der Waals surface area (Å²) in [7, 11) is 1.89. The predicted molar refractivity (Wildman–Crippen MR) is 99.8 cm³/mol. The molecule has 0 aliphatic carbocycles. The molecule has 5 rings (SSSR count). The van der Waals surface area contributed by atoms with Gasteiger partial charge in [-0.25, -0.2) is 19.6 Å². The zero-order chi connectivity index (χ0) is 18.2. The van der Waals surface area contributed by atoms with Crippen LogP contribution in [0.15, 0.2) is 67.9 Å². The number of aryl methyl sites for hydroxylation is 1. The fraction of sp³-hybridized carbons (Fsp3) is 0.0556. The van der Waals surface area contributed by atoms with Crippen molar-refractivity contribution in [2.24, 2.45) is 7.05 Å². The van der Waals surface area contributed by atoms with E-state index in [2.05, 4.69) is 30.5 Å². The van der Waals surface area contributed by atoms with Gasteiger partial charge in [-0.05, 0) is 24.3 Å². The van der Waals surface area contributed by atoms with Crippen molar-refractivity contribution in [2.75, 3.05) is 5.32 Å². The Morgan fingerprint density at radius 3 is 2.63 bits per heavy atom. The molecule has 9 heteroatoms. The summed E-state index contributed by atoms with van der Waals surface area (Å²) < 4.78 is 5.47. The number of hydrogen-bond donors (Lipinski definition) is 1. The Hall–Kier alpha value is -4.01. The lowest BCUT2D eigenvalue weighted by Gasteiger charge is -2.08. The zero-order valence-electron chi connectivity index (χ0n) is 14.4. The minimum Gasteiger partial charge on any atom is -0.337 e. The van der Waals surface area contributed by atoms with E-state index in [-0.39, 0.29) is 0 Å². The topological polar surface area (TPSA) is 90.8 Å². The Morgan fingerprint density at radius 1 is 1.00 bits per heavy atom. The van der Waals surface area contributed by atoms with Crippen molar-refractivity contribution in [3.63, 3.8) is 0 Å². The molecule has 0 fully saturated rings. The highest BCUT2D eigenvalue weighted by molar-refractivity contribution is 5.74. The highest BCUT2D eigenvalue weighted by atomic mass is 15.3. The molecule has 0 saturated heterocycles. The molecule has 0 spiro atoms. The predicted octanol–water partition coefficient (Wildman–Crippen LogP) is 2.45. The Bertz CT molecular complexity index is 1200. The highest BCUT2D eigenvalue weighted by Crippen LogP contribution is 2.25. The van der Waals surface area contributed by atoms with Crippen LogP contribution in [0, 0.1) is 0 Å². The number of fused-ring (bicyclic) bond motifs is 1. The van der Waals surface area contributed by atoms with Gasteiger partial charge in [0.05, 0.1) is 23.8 Å². The molecule has 0 radical (unpaired) electrons. The van der Waals surface area contributed by atoms with Gasteiger partial charge in [0.25, 0.3) is 0 Å². The first-order valence-electron chi connectivity index (χ1n) is 8.31. The van der Waals surface area contributed by atoms with Crippen LogP contribution >= 0.6 is 0 Å². The molecule has 0 saturated carbocycles. The van der Waals surface area contributed by atoms with Gasteiger partial charge < -0.3 is 5.32 Å². The smallest absolute Gasteiger partial charge is 0.180 e. The zero-order valence-corrected chi connectivity index (χ0v) is 14.4. The molecule has 4 heterocycles. The van der Waals surface area contributed by atoms with E-state index < -0.39 is 0 Å². The first-order chi connectivity index (χ1) is 13.3. The van der Waals surface area contributed by atoms with Crippen molar-refractivity contribution in [1.29, 1.82) is 0 Å². The molecule has 0 atom stereocenters. The van der Waals surface area contributed by atoms with Crippen LogP contribution in [0.2, 0.25) is 0 Å². The molecule has 1 N–H and O–H groups in total. The first kappa shape index (κ1) is 15.3.